The minimum atomic E-state index is -0.0826. The number of rotatable bonds is 4. The highest BCUT2D eigenvalue weighted by Crippen LogP contribution is 2.19. The Hall–Kier alpha value is -0.870. The lowest BCUT2D eigenvalue weighted by atomic mass is 10.1. The number of carbonyl (C=O) groups excluding carboxylic acids is 1. The van der Waals surface area contributed by atoms with Crippen molar-refractivity contribution in [2.45, 2.75) is 31.9 Å². The predicted octanol–water partition coefficient (Wildman–Crippen LogP) is 2.63. The first-order valence-corrected chi connectivity index (χ1v) is 7.01. The fraction of sp³-hybridized carbons (Fsp3) is 0.500. The van der Waals surface area contributed by atoms with Crippen LogP contribution in [0.15, 0.2) is 28.7 Å². The van der Waals surface area contributed by atoms with Crippen molar-refractivity contribution in [1.82, 2.24) is 4.90 Å². The van der Waals surface area contributed by atoms with Crippen molar-refractivity contribution < 1.29 is 9.53 Å². The minimum Gasteiger partial charge on any atom is -0.461 e. The largest absolute Gasteiger partial charge is 0.461 e. The van der Waals surface area contributed by atoms with E-state index in [1.54, 1.807) is 0 Å². The molecular formula is C14H18BrNO2. The summed E-state index contributed by atoms with van der Waals surface area (Å²) in [5.74, 6) is -0.0826. The van der Waals surface area contributed by atoms with E-state index in [-0.39, 0.29) is 18.1 Å². The number of benzene rings is 1. The molecule has 0 aliphatic carbocycles. The Balaban J connectivity index is 1.86. The first-order chi connectivity index (χ1) is 8.56. The maximum atomic E-state index is 11.6. The van der Waals surface area contributed by atoms with Crippen molar-refractivity contribution >= 4 is 21.9 Å². The van der Waals surface area contributed by atoms with Crippen LogP contribution in [-0.4, -0.2) is 36.6 Å². The molecule has 0 aromatic heterocycles. The Morgan fingerprint density at radius 2 is 2.06 bits per heavy atom. The van der Waals surface area contributed by atoms with Gasteiger partial charge in [-0.15, -0.1) is 0 Å². The highest BCUT2D eigenvalue weighted by Gasteiger charge is 2.34. The Bertz CT molecular complexity index is 418. The average molecular weight is 312 g/mol. The Kier molecular flexibility index (Phi) is 4.40. The van der Waals surface area contributed by atoms with Crippen LogP contribution in [0.3, 0.4) is 0 Å². The fourth-order valence-corrected chi connectivity index (χ4v) is 2.47. The van der Waals surface area contributed by atoms with Gasteiger partial charge in [-0.2, -0.15) is 0 Å². The van der Waals surface area contributed by atoms with E-state index in [9.17, 15) is 4.79 Å². The van der Waals surface area contributed by atoms with Gasteiger partial charge >= 0.3 is 5.97 Å². The van der Waals surface area contributed by atoms with E-state index in [0.717, 1.165) is 23.9 Å². The van der Waals surface area contributed by atoms with Crippen molar-refractivity contribution in [2.75, 3.05) is 13.6 Å². The average Bonchev–Trinajstić information content (AvgIpc) is 2.67. The summed E-state index contributed by atoms with van der Waals surface area (Å²) >= 11 is 3.42. The van der Waals surface area contributed by atoms with E-state index >= 15 is 0 Å². The fourth-order valence-electron chi connectivity index (χ4n) is 2.21. The summed E-state index contributed by atoms with van der Waals surface area (Å²) in [5.41, 5.74) is 1.28. The van der Waals surface area contributed by atoms with Gasteiger partial charge in [0.1, 0.15) is 12.1 Å². The summed E-state index contributed by atoms with van der Waals surface area (Å²) in [6.07, 6.45) is 1.80. The number of hydrogen-bond acceptors (Lipinski definition) is 3. The minimum absolute atomic E-state index is 0.0534. The molecule has 2 atom stereocenters. The summed E-state index contributed by atoms with van der Waals surface area (Å²) in [5, 5.41) is 0. The zero-order valence-electron chi connectivity index (χ0n) is 10.7. The zero-order valence-corrected chi connectivity index (χ0v) is 12.3. The van der Waals surface area contributed by atoms with Gasteiger partial charge in [0.25, 0.3) is 0 Å². The molecule has 1 aromatic rings. The number of likely N-dealkylation sites (N-methyl/N-ethyl adjacent to an activating group) is 1. The summed E-state index contributed by atoms with van der Waals surface area (Å²) in [7, 11) is 1.99. The van der Waals surface area contributed by atoms with Crippen molar-refractivity contribution in [3.8, 4) is 0 Å². The second kappa shape index (κ2) is 5.85. The molecule has 0 saturated carbocycles. The van der Waals surface area contributed by atoms with Crippen LogP contribution in [-0.2, 0) is 16.0 Å². The summed E-state index contributed by atoms with van der Waals surface area (Å²) in [6, 6.07) is 8.22. The third kappa shape index (κ3) is 3.33. The number of halogens is 1. The molecule has 3 nitrogen and oxygen atoms in total. The molecule has 4 heteroatoms. The van der Waals surface area contributed by atoms with Gasteiger partial charge in [0.15, 0.2) is 0 Å². The van der Waals surface area contributed by atoms with E-state index in [0.29, 0.717) is 0 Å². The van der Waals surface area contributed by atoms with Gasteiger partial charge < -0.3 is 4.74 Å². The number of hydrogen-bond donors (Lipinski definition) is 0. The second-order valence-electron chi connectivity index (χ2n) is 4.86. The van der Waals surface area contributed by atoms with Gasteiger partial charge in [-0.1, -0.05) is 28.1 Å². The summed E-state index contributed by atoms with van der Waals surface area (Å²) in [4.78, 5) is 13.7. The van der Waals surface area contributed by atoms with Crippen molar-refractivity contribution in [3.05, 3.63) is 34.3 Å². The molecule has 1 heterocycles. The lowest BCUT2D eigenvalue weighted by molar-refractivity contribution is -0.144. The number of cyclic esters (lactones) is 1. The van der Waals surface area contributed by atoms with Crippen LogP contribution in [0.2, 0.25) is 0 Å². The molecule has 2 rings (SSSR count). The zero-order chi connectivity index (χ0) is 13.1. The van der Waals surface area contributed by atoms with Gasteiger partial charge in [-0.3, -0.25) is 9.69 Å². The van der Waals surface area contributed by atoms with E-state index in [1.165, 1.54) is 5.56 Å². The highest BCUT2D eigenvalue weighted by atomic mass is 79.9. The first kappa shape index (κ1) is 13.6. The molecule has 0 bridgehead atoms. The third-order valence-corrected chi connectivity index (χ3v) is 3.87. The van der Waals surface area contributed by atoms with Gasteiger partial charge in [0.2, 0.25) is 0 Å². The monoisotopic (exact) mass is 311 g/mol. The maximum absolute atomic E-state index is 11.6. The molecule has 1 saturated heterocycles. The van der Waals surface area contributed by atoms with Crippen LogP contribution in [0, 0.1) is 0 Å². The molecular weight excluding hydrogens is 294 g/mol. The van der Waals surface area contributed by atoms with Crippen molar-refractivity contribution in [1.29, 1.82) is 0 Å². The van der Waals surface area contributed by atoms with E-state index in [2.05, 4.69) is 33.0 Å². The number of nitrogens with zero attached hydrogens (tertiary/aromatic N) is 1. The van der Waals surface area contributed by atoms with Crippen LogP contribution in [0.25, 0.3) is 0 Å². The molecule has 98 valence electrons. The predicted molar refractivity (Wildman–Crippen MR) is 74.4 cm³/mol. The van der Waals surface area contributed by atoms with Crippen LogP contribution in [0.5, 0.6) is 0 Å². The lowest BCUT2D eigenvalue weighted by Gasteiger charge is -2.20. The van der Waals surface area contributed by atoms with Gasteiger partial charge in [-0.25, -0.2) is 0 Å². The highest BCUT2D eigenvalue weighted by molar-refractivity contribution is 9.10. The van der Waals surface area contributed by atoms with Crippen LogP contribution in [0.4, 0.5) is 0 Å². The molecule has 1 aromatic carbocycles. The van der Waals surface area contributed by atoms with E-state index < -0.39 is 0 Å². The van der Waals surface area contributed by atoms with Crippen LogP contribution >= 0.6 is 15.9 Å². The molecule has 2 unspecified atom stereocenters. The first-order valence-electron chi connectivity index (χ1n) is 6.21. The summed E-state index contributed by atoms with van der Waals surface area (Å²) < 4.78 is 6.27. The van der Waals surface area contributed by atoms with Crippen molar-refractivity contribution in [3.63, 3.8) is 0 Å². The number of ether oxygens (including phenoxy) is 1. The molecule has 1 aliphatic rings. The quantitative estimate of drug-likeness (QED) is 0.801. The molecule has 18 heavy (non-hydrogen) atoms. The molecule has 0 spiro atoms. The topological polar surface area (TPSA) is 29.5 Å². The van der Waals surface area contributed by atoms with Gasteiger partial charge in [0, 0.05) is 17.4 Å². The molecule has 0 N–H and O–H groups in total. The lowest BCUT2D eigenvalue weighted by Crippen LogP contribution is -2.36. The number of carbonyl (C=O) groups is 1. The normalized spacial score (nSPS) is 23.4. The second-order valence-corrected chi connectivity index (χ2v) is 5.77. The van der Waals surface area contributed by atoms with Crippen molar-refractivity contribution in [2.24, 2.45) is 0 Å². The molecule has 0 amide bonds. The van der Waals surface area contributed by atoms with Crippen LogP contribution in [0.1, 0.15) is 18.9 Å². The molecule has 1 fully saturated rings. The standard InChI is InChI=1S/C14H18BrNO2/c1-10-9-13(14(17)18-10)16(2)8-7-11-3-5-12(15)6-4-11/h3-6,10,13H,7-9H2,1-2H3. The smallest absolute Gasteiger partial charge is 0.323 e. The van der Waals surface area contributed by atoms with Gasteiger partial charge in [-0.05, 0) is 38.1 Å². The van der Waals surface area contributed by atoms with E-state index in [1.807, 2.05) is 26.1 Å². The van der Waals surface area contributed by atoms with E-state index in [4.69, 9.17) is 4.74 Å². The third-order valence-electron chi connectivity index (χ3n) is 3.34. The number of esters is 1. The van der Waals surface area contributed by atoms with Crippen LogP contribution < -0.4 is 0 Å². The molecule has 1 aliphatic heterocycles. The molecule has 0 radical (unpaired) electrons. The van der Waals surface area contributed by atoms with Gasteiger partial charge in [0.05, 0.1) is 0 Å². The Morgan fingerprint density at radius 3 is 2.61 bits per heavy atom. The summed E-state index contributed by atoms with van der Waals surface area (Å²) in [6.45, 7) is 2.81. The Morgan fingerprint density at radius 1 is 1.39 bits per heavy atom. The Labute approximate surface area is 116 Å². The SMILES string of the molecule is CC1CC(N(C)CCc2ccc(Br)cc2)C(=O)O1. The maximum Gasteiger partial charge on any atom is 0.323 e.